The molecule has 1 fully saturated rings. The molecule has 0 spiro atoms. The summed E-state index contributed by atoms with van der Waals surface area (Å²) in [5.74, 6) is -1.00. The maximum absolute atomic E-state index is 12.9. The zero-order valence-corrected chi connectivity index (χ0v) is 13.8. The summed E-state index contributed by atoms with van der Waals surface area (Å²) >= 11 is 0. The molecule has 2 N–H and O–H groups in total. The summed E-state index contributed by atoms with van der Waals surface area (Å²) in [7, 11) is 0. The molecule has 0 radical (unpaired) electrons. The molecule has 7 heteroatoms. The lowest BCUT2D eigenvalue weighted by molar-refractivity contribution is -0.142. The lowest BCUT2D eigenvalue weighted by Gasteiger charge is -2.30. The molecule has 2 aromatic rings. The van der Waals surface area contributed by atoms with Gasteiger partial charge in [-0.05, 0) is 19.3 Å². The maximum atomic E-state index is 12.9. The van der Waals surface area contributed by atoms with E-state index in [1.807, 2.05) is 6.07 Å². The SMILES string of the molecule is Nc1nccnc1C(=O)OC(C(=O)N1CCCCC1)c1ccccc1. The number of esters is 1. The molecule has 1 amide bonds. The number of nitrogens with two attached hydrogens (primary N) is 1. The van der Waals surface area contributed by atoms with E-state index in [1.165, 1.54) is 12.4 Å². The van der Waals surface area contributed by atoms with E-state index >= 15 is 0 Å². The molecule has 1 atom stereocenters. The Bertz CT molecular complexity index is 745. The van der Waals surface area contributed by atoms with Gasteiger partial charge >= 0.3 is 5.97 Å². The molecule has 0 saturated carbocycles. The summed E-state index contributed by atoms with van der Waals surface area (Å²) in [6, 6.07) is 8.97. The molecule has 25 heavy (non-hydrogen) atoms. The third-order valence-corrected chi connectivity index (χ3v) is 4.14. The number of benzene rings is 1. The highest BCUT2D eigenvalue weighted by Crippen LogP contribution is 2.24. The van der Waals surface area contributed by atoms with E-state index in [4.69, 9.17) is 10.5 Å². The third kappa shape index (κ3) is 3.93. The number of rotatable bonds is 4. The van der Waals surface area contributed by atoms with Crippen LogP contribution in [0, 0.1) is 0 Å². The topological polar surface area (TPSA) is 98.4 Å². The lowest BCUT2D eigenvalue weighted by Crippen LogP contribution is -2.40. The number of nitrogen functional groups attached to an aromatic ring is 1. The van der Waals surface area contributed by atoms with Gasteiger partial charge in [-0.1, -0.05) is 30.3 Å². The zero-order chi connectivity index (χ0) is 17.6. The van der Waals surface area contributed by atoms with Crippen LogP contribution >= 0.6 is 0 Å². The Morgan fingerprint density at radius 3 is 2.40 bits per heavy atom. The number of aromatic nitrogens is 2. The molecule has 0 aliphatic carbocycles. The molecule has 130 valence electrons. The Labute approximate surface area is 145 Å². The van der Waals surface area contributed by atoms with Gasteiger partial charge in [0.15, 0.2) is 11.5 Å². The van der Waals surface area contributed by atoms with Crippen molar-refractivity contribution in [2.45, 2.75) is 25.4 Å². The molecule has 1 aliphatic rings. The van der Waals surface area contributed by atoms with E-state index in [9.17, 15) is 9.59 Å². The first-order valence-corrected chi connectivity index (χ1v) is 8.28. The fourth-order valence-electron chi connectivity index (χ4n) is 2.84. The van der Waals surface area contributed by atoms with Gasteiger partial charge in [0, 0.05) is 31.0 Å². The number of hydrogen-bond acceptors (Lipinski definition) is 6. The monoisotopic (exact) mass is 340 g/mol. The number of nitrogens with zero attached hydrogens (tertiary/aromatic N) is 3. The van der Waals surface area contributed by atoms with E-state index in [2.05, 4.69) is 9.97 Å². The highest BCUT2D eigenvalue weighted by molar-refractivity contribution is 5.94. The quantitative estimate of drug-likeness (QED) is 0.855. The average Bonchev–Trinajstić information content (AvgIpc) is 2.67. The Kier molecular flexibility index (Phi) is 5.23. The summed E-state index contributed by atoms with van der Waals surface area (Å²) in [4.78, 5) is 34.9. The van der Waals surface area contributed by atoms with Crippen molar-refractivity contribution in [3.8, 4) is 0 Å². The van der Waals surface area contributed by atoms with Crippen LogP contribution in [-0.4, -0.2) is 39.8 Å². The zero-order valence-electron chi connectivity index (χ0n) is 13.8. The van der Waals surface area contributed by atoms with Crippen molar-refractivity contribution in [3.63, 3.8) is 0 Å². The Morgan fingerprint density at radius 2 is 1.72 bits per heavy atom. The Morgan fingerprint density at radius 1 is 1.04 bits per heavy atom. The molecule has 1 unspecified atom stereocenters. The molecule has 1 aromatic carbocycles. The van der Waals surface area contributed by atoms with Crippen molar-refractivity contribution >= 4 is 17.7 Å². The standard InChI is InChI=1S/C18H20N4O3/c19-16-14(20-9-10-21-16)18(24)25-15(13-7-3-1-4-8-13)17(23)22-11-5-2-6-12-22/h1,3-4,7-10,15H,2,5-6,11-12H2,(H2,19,21). The fourth-order valence-corrected chi connectivity index (χ4v) is 2.84. The first kappa shape index (κ1) is 16.9. The van der Waals surface area contributed by atoms with Gasteiger partial charge < -0.3 is 15.4 Å². The van der Waals surface area contributed by atoms with Gasteiger partial charge in [-0.25, -0.2) is 14.8 Å². The van der Waals surface area contributed by atoms with Crippen LogP contribution in [0.4, 0.5) is 5.82 Å². The summed E-state index contributed by atoms with van der Waals surface area (Å²) < 4.78 is 5.51. The largest absolute Gasteiger partial charge is 0.442 e. The summed E-state index contributed by atoms with van der Waals surface area (Å²) in [6.07, 6.45) is 4.75. The second kappa shape index (κ2) is 7.74. The van der Waals surface area contributed by atoms with Crippen molar-refractivity contribution in [2.24, 2.45) is 0 Å². The number of anilines is 1. The number of hydrogen-bond donors (Lipinski definition) is 1. The van der Waals surface area contributed by atoms with Crippen LogP contribution in [-0.2, 0) is 9.53 Å². The van der Waals surface area contributed by atoms with E-state index in [0.717, 1.165) is 19.3 Å². The smallest absolute Gasteiger partial charge is 0.361 e. The van der Waals surface area contributed by atoms with Crippen LogP contribution in [0.2, 0.25) is 0 Å². The predicted molar refractivity (Wildman–Crippen MR) is 91.5 cm³/mol. The van der Waals surface area contributed by atoms with E-state index < -0.39 is 12.1 Å². The average molecular weight is 340 g/mol. The van der Waals surface area contributed by atoms with E-state index in [-0.39, 0.29) is 17.4 Å². The van der Waals surface area contributed by atoms with Crippen LogP contribution in [0.3, 0.4) is 0 Å². The Hall–Kier alpha value is -2.96. The molecule has 0 bridgehead atoms. The molecule has 1 aromatic heterocycles. The van der Waals surface area contributed by atoms with Crippen LogP contribution in [0.25, 0.3) is 0 Å². The van der Waals surface area contributed by atoms with Gasteiger partial charge in [0.1, 0.15) is 0 Å². The minimum atomic E-state index is -1.02. The van der Waals surface area contributed by atoms with Gasteiger partial charge in [-0.2, -0.15) is 0 Å². The summed E-state index contributed by atoms with van der Waals surface area (Å²) in [5.41, 5.74) is 6.22. The van der Waals surface area contributed by atoms with Gasteiger partial charge in [0.05, 0.1) is 0 Å². The first-order chi connectivity index (χ1) is 12.2. The summed E-state index contributed by atoms with van der Waals surface area (Å²) in [6.45, 7) is 1.35. The summed E-state index contributed by atoms with van der Waals surface area (Å²) in [5, 5.41) is 0. The molecule has 1 saturated heterocycles. The van der Waals surface area contributed by atoms with Gasteiger partial charge in [0.25, 0.3) is 5.91 Å². The van der Waals surface area contributed by atoms with Crippen LogP contribution in [0.15, 0.2) is 42.7 Å². The van der Waals surface area contributed by atoms with Crippen LogP contribution < -0.4 is 5.73 Å². The number of carbonyl (C=O) groups is 2. The maximum Gasteiger partial charge on any atom is 0.361 e. The minimum absolute atomic E-state index is 0.0234. The first-order valence-electron chi connectivity index (χ1n) is 8.28. The fraction of sp³-hybridized carbons (Fsp3) is 0.333. The van der Waals surface area contributed by atoms with Crippen molar-refractivity contribution in [3.05, 3.63) is 54.0 Å². The van der Waals surface area contributed by atoms with Crippen LogP contribution in [0.1, 0.15) is 41.4 Å². The Balaban J connectivity index is 1.85. The van der Waals surface area contributed by atoms with Gasteiger partial charge in [-0.3, -0.25) is 4.79 Å². The van der Waals surface area contributed by atoms with Crippen molar-refractivity contribution in [2.75, 3.05) is 18.8 Å². The van der Waals surface area contributed by atoms with Gasteiger partial charge in [0.2, 0.25) is 6.10 Å². The van der Waals surface area contributed by atoms with E-state index in [1.54, 1.807) is 29.2 Å². The van der Waals surface area contributed by atoms with Gasteiger partial charge in [-0.15, -0.1) is 0 Å². The molecule has 1 aliphatic heterocycles. The highest BCUT2D eigenvalue weighted by atomic mass is 16.5. The predicted octanol–water partition coefficient (Wildman–Crippen LogP) is 1.97. The molecule has 7 nitrogen and oxygen atoms in total. The van der Waals surface area contributed by atoms with Crippen LogP contribution in [0.5, 0.6) is 0 Å². The number of carbonyl (C=O) groups excluding carboxylic acids is 2. The van der Waals surface area contributed by atoms with Crippen molar-refractivity contribution in [1.29, 1.82) is 0 Å². The van der Waals surface area contributed by atoms with Crippen molar-refractivity contribution < 1.29 is 14.3 Å². The molecular weight excluding hydrogens is 320 g/mol. The number of amides is 1. The minimum Gasteiger partial charge on any atom is -0.442 e. The van der Waals surface area contributed by atoms with Crippen molar-refractivity contribution in [1.82, 2.24) is 14.9 Å². The highest BCUT2D eigenvalue weighted by Gasteiger charge is 2.31. The third-order valence-electron chi connectivity index (χ3n) is 4.14. The molecule has 3 rings (SSSR count). The second-order valence-corrected chi connectivity index (χ2v) is 5.87. The number of ether oxygens (including phenoxy) is 1. The lowest BCUT2D eigenvalue weighted by atomic mass is 10.1. The normalized spacial score (nSPS) is 15.4. The number of piperidine rings is 1. The number of likely N-dealkylation sites (tertiary alicyclic amines) is 1. The van der Waals surface area contributed by atoms with E-state index in [0.29, 0.717) is 18.7 Å². The molecular formula is C18H20N4O3. The second-order valence-electron chi connectivity index (χ2n) is 5.87. The molecule has 2 heterocycles.